The second-order valence-corrected chi connectivity index (χ2v) is 6.29. The summed E-state index contributed by atoms with van der Waals surface area (Å²) in [4.78, 5) is 3.74. The van der Waals surface area contributed by atoms with Gasteiger partial charge in [-0.1, -0.05) is 0 Å². The van der Waals surface area contributed by atoms with Crippen molar-refractivity contribution < 1.29 is 35.0 Å². The van der Waals surface area contributed by atoms with Crippen LogP contribution in [0.15, 0.2) is 4.99 Å². The van der Waals surface area contributed by atoms with Crippen LogP contribution in [0.4, 0.5) is 0 Å². The highest BCUT2D eigenvalue weighted by molar-refractivity contribution is 5.80. The van der Waals surface area contributed by atoms with E-state index in [9.17, 15) is 25.5 Å². The summed E-state index contributed by atoms with van der Waals surface area (Å²) in [6.07, 6.45) is -6.96. The fourth-order valence-corrected chi connectivity index (χ4v) is 4.19. The molecule has 3 saturated heterocycles. The van der Waals surface area contributed by atoms with Crippen LogP contribution in [0.5, 0.6) is 0 Å². The Morgan fingerprint density at radius 3 is 2.48 bits per heavy atom. The van der Waals surface area contributed by atoms with Gasteiger partial charge in [-0.25, -0.2) is 4.99 Å². The molecule has 4 heterocycles. The molecule has 10 heteroatoms. The molecule has 10 nitrogen and oxygen atoms in total. The first kappa shape index (κ1) is 13.6. The number of hydrogen-bond donors (Lipinski definition) is 7. The first-order valence-electron chi connectivity index (χ1n) is 6.60. The molecule has 8 N–H and O–H groups in total. The number of nitrogens with one attached hydrogen (secondary N) is 1. The zero-order chi connectivity index (χ0) is 15.4. The molecule has 0 amide bonds. The molecule has 4 aliphatic heterocycles. The molecule has 0 radical (unpaired) electrons. The van der Waals surface area contributed by atoms with Gasteiger partial charge in [0.1, 0.15) is 29.5 Å². The summed E-state index contributed by atoms with van der Waals surface area (Å²) >= 11 is 0. The van der Waals surface area contributed by atoms with E-state index in [4.69, 9.17) is 15.2 Å². The fourth-order valence-electron chi connectivity index (χ4n) is 4.19. The summed E-state index contributed by atoms with van der Waals surface area (Å²) in [5, 5.41) is 54.7. The van der Waals surface area contributed by atoms with Gasteiger partial charge in [-0.15, -0.1) is 0 Å². The molecule has 118 valence electrons. The third-order valence-corrected chi connectivity index (χ3v) is 5.13. The van der Waals surface area contributed by atoms with Gasteiger partial charge in [0.2, 0.25) is 0 Å². The average molecular weight is 303 g/mol. The summed E-state index contributed by atoms with van der Waals surface area (Å²) in [5.74, 6) is -3.62. The lowest BCUT2D eigenvalue weighted by atomic mass is 9.55. The van der Waals surface area contributed by atoms with Crippen LogP contribution in [0.2, 0.25) is 0 Å². The Hall–Kier alpha value is -1.01. The Morgan fingerprint density at radius 2 is 1.81 bits per heavy atom. The van der Waals surface area contributed by atoms with Crippen molar-refractivity contribution in [1.82, 2.24) is 5.32 Å². The predicted octanol–water partition coefficient (Wildman–Crippen LogP) is -4.49. The highest BCUT2D eigenvalue weighted by Gasteiger charge is 2.82. The minimum atomic E-state index is -2.41. The van der Waals surface area contributed by atoms with Crippen LogP contribution < -0.4 is 11.1 Å². The molecule has 9 atom stereocenters. The van der Waals surface area contributed by atoms with Gasteiger partial charge in [-0.05, 0) is 6.92 Å². The molecule has 5 rings (SSSR count). The Morgan fingerprint density at radius 1 is 1.19 bits per heavy atom. The molecule has 4 bridgehead atoms. The summed E-state index contributed by atoms with van der Waals surface area (Å²) in [5.41, 5.74) is 2.27. The Kier molecular flexibility index (Phi) is 2.26. The average Bonchev–Trinajstić information content (AvgIpc) is 2.36. The summed E-state index contributed by atoms with van der Waals surface area (Å²) in [6.45, 7) is 1.36. The second kappa shape index (κ2) is 3.49. The molecule has 21 heavy (non-hydrogen) atoms. The maximum absolute atomic E-state index is 10.6. The molecular formula is C11H17N3O7. The maximum atomic E-state index is 10.6. The topological polar surface area (TPSA) is 170 Å². The van der Waals surface area contributed by atoms with E-state index < -0.39 is 53.7 Å². The monoisotopic (exact) mass is 303 g/mol. The number of nitrogens with zero attached hydrogens (tertiary/aromatic N) is 1. The molecule has 0 aromatic carbocycles. The number of guanidine groups is 1. The Balaban J connectivity index is 1.95. The smallest absolute Gasteiger partial charge is 0.311 e. The number of aliphatic hydroxyl groups is 5. The molecular weight excluding hydrogens is 286 g/mol. The van der Waals surface area contributed by atoms with Crippen molar-refractivity contribution in [2.24, 2.45) is 16.6 Å². The van der Waals surface area contributed by atoms with Crippen molar-refractivity contribution in [3.63, 3.8) is 0 Å². The van der Waals surface area contributed by atoms with E-state index in [1.54, 1.807) is 0 Å². The van der Waals surface area contributed by atoms with Crippen LogP contribution in [0.1, 0.15) is 6.92 Å². The van der Waals surface area contributed by atoms with Gasteiger partial charge in [-0.3, -0.25) is 0 Å². The molecule has 0 aromatic heterocycles. The lowest BCUT2D eigenvalue weighted by molar-refractivity contribution is -0.545. The van der Waals surface area contributed by atoms with Gasteiger partial charge in [0.25, 0.3) is 0 Å². The van der Waals surface area contributed by atoms with Gasteiger partial charge in [-0.2, -0.15) is 0 Å². The molecule has 4 fully saturated rings. The molecule has 1 aliphatic carbocycles. The lowest BCUT2D eigenvalue weighted by Crippen LogP contribution is -2.94. The zero-order valence-electron chi connectivity index (χ0n) is 11.0. The minimum Gasteiger partial charge on any atom is -0.388 e. The quantitative estimate of drug-likeness (QED) is 0.233. The first-order chi connectivity index (χ1) is 9.64. The molecule has 0 aromatic rings. The van der Waals surface area contributed by atoms with Crippen molar-refractivity contribution in [1.29, 1.82) is 0 Å². The largest absolute Gasteiger partial charge is 0.388 e. The standard InChI is InChI=1S/C11H17N3O7/c1-9(18)4-2-6(16)13-8(12)14-10(2)3(15)5(9)21-11(19,20-4)7(10)17/h2-7,15-19H,1H3,(H3,12,13,14)/t2?,3-,4?,5?,6+,7+,9+,10-,11?/m1/s1. The molecule has 1 spiro atoms. The van der Waals surface area contributed by atoms with Gasteiger partial charge in [0.15, 0.2) is 18.3 Å². The van der Waals surface area contributed by atoms with E-state index in [2.05, 4.69) is 10.3 Å². The van der Waals surface area contributed by atoms with E-state index in [1.165, 1.54) is 6.92 Å². The summed E-state index contributed by atoms with van der Waals surface area (Å²) in [6, 6.07) is 0. The Labute approximate surface area is 118 Å². The van der Waals surface area contributed by atoms with Gasteiger partial charge >= 0.3 is 5.97 Å². The van der Waals surface area contributed by atoms with E-state index in [0.29, 0.717) is 0 Å². The second-order valence-electron chi connectivity index (χ2n) is 6.29. The number of ether oxygens (including phenoxy) is 2. The minimum absolute atomic E-state index is 0.193. The molecule has 5 aliphatic rings. The third-order valence-electron chi connectivity index (χ3n) is 5.13. The van der Waals surface area contributed by atoms with Crippen LogP contribution in [-0.4, -0.2) is 79.2 Å². The summed E-state index contributed by atoms with van der Waals surface area (Å²) < 4.78 is 10.4. The SMILES string of the molecule is C[C@]1(O)C2OC3(O)OC1[C@@H](O)[C@@]1(NC(N)=N[C@@H](O)C21)[C@@H]3O. The van der Waals surface area contributed by atoms with Crippen molar-refractivity contribution >= 4 is 5.96 Å². The first-order valence-corrected chi connectivity index (χ1v) is 6.60. The van der Waals surface area contributed by atoms with E-state index in [0.717, 1.165) is 0 Å². The van der Waals surface area contributed by atoms with Crippen molar-refractivity contribution in [2.45, 2.75) is 54.7 Å². The van der Waals surface area contributed by atoms with Crippen molar-refractivity contribution in [2.75, 3.05) is 0 Å². The van der Waals surface area contributed by atoms with Crippen LogP contribution in [0, 0.1) is 5.92 Å². The maximum Gasteiger partial charge on any atom is 0.311 e. The summed E-state index contributed by atoms with van der Waals surface area (Å²) in [7, 11) is 0. The highest BCUT2D eigenvalue weighted by Crippen LogP contribution is 2.58. The lowest BCUT2D eigenvalue weighted by Gasteiger charge is -2.71. The molecule has 1 saturated carbocycles. The fraction of sp³-hybridized carbons (Fsp3) is 0.909. The van der Waals surface area contributed by atoms with Gasteiger partial charge in [0.05, 0.1) is 5.92 Å². The number of aliphatic hydroxyl groups excluding tert-OH is 3. The van der Waals surface area contributed by atoms with Gasteiger partial charge < -0.3 is 46.1 Å². The number of rotatable bonds is 0. The third kappa shape index (κ3) is 1.26. The normalized spacial score (nSPS) is 64.8. The number of nitrogens with two attached hydrogens (primary N) is 1. The number of aliphatic imine (C=N–C) groups is 1. The predicted molar refractivity (Wildman–Crippen MR) is 64.3 cm³/mol. The van der Waals surface area contributed by atoms with Crippen LogP contribution in [-0.2, 0) is 9.47 Å². The van der Waals surface area contributed by atoms with Crippen molar-refractivity contribution in [3.05, 3.63) is 0 Å². The van der Waals surface area contributed by atoms with Crippen molar-refractivity contribution in [3.8, 4) is 0 Å². The molecule has 4 unspecified atom stereocenters. The van der Waals surface area contributed by atoms with E-state index >= 15 is 0 Å². The van der Waals surface area contributed by atoms with Crippen LogP contribution in [0.25, 0.3) is 0 Å². The van der Waals surface area contributed by atoms with Crippen LogP contribution in [0.3, 0.4) is 0 Å². The highest BCUT2D eigenvalue weighted by atomic mass is 16.9. The number of hydrogen-bond acceptors (Lipinski definition) is 10. The van der Waals surface area contributed by atoms with Crippen LogP contribution >= 0.6 is 0 Å². The van der Waals surface area contributed by atoms with E-state index in [1.807, 2.05) is 0 Å². The van der Waals surface area contributed by atoms with E-state index in [-0.39, 0.29) is 5.96 Å². The Bertz CT molecular complexity index is 542. The zero-order valence-corrected chi connectivity index (χ0v) is 11.0. The van der Waals surface area contributed by atoms with Gasteiger partial charge in [0, 0.05) is 0 Å².